The molecule has 0 radical (unpaired) electrons. The maximum atomic E-state index is 17.7. The Bertz CT molecular complexity index is 3630. The van der Waals surface area contributed by atoms with E-state index in [1.807, 2.05) is 6.07 Å². The predicted molar refractivity (Wildman–Crippen MR) is 275 cm³/mol. The zero-order chi connectivity index (χ0) is 44.6. The van der Waals surface area contributed by atoms with E-state index in [-0.39, 0.29) is 23.2 Å². The van der Waals surface area contributed by atoms with Gasteiger partial charge < -0.3 is 4.57 Å². The normalized spacial score (nSPS) is 24.4. The van der Waals surface area contributed by atoms with Gasteiger partial charge in [0.15, 0.2) is 0 Å². The van der Waals surface area contributed by atoms with Crippen molar-refractivity contribution in [3.63, 3.8) is 0 Å². The van der Waals surface area contributed by atoms with Crippen LogP contribution in [0.15, 0.2) is 181 Å². The molecular formula is C61H50N3OP. The molecule has 6 aliphatic rings. The largest absolute Gasteiger partial charge is 0.309 e. The number of aromatic nitrogens is 1. The van der Waals surface area contributed by atoms with Crippen LogP contribution >= 0.6 is 7.44 Å². The lowest BCUT2D eigenvalue weighted by Gasteiger charge is -2.52. The average molecular weight is 872 g/mol. The highest BCUT2D eigenvalue weighted by Crippen LogP contribution is 2.75. The molecule has 320 valence electrons. The Morgan fingerprint density at radius 2 is 1.27 bits per heavy atom. The zero-order valence-corrected chi connectivity index (χ0v) is 39.1. The molecule has 2 aliphatic heterocycles. The Morgan fingerprint density at radius 3 is 2.09 bits per heavy atom. The summed E-state index contributed by atoms with van der Waals surface area (Å²) in [7, 11) is -3.74. The summed E-state index contributed by atoms with van der Waals surface area (Å²) in [6.45, 7) is 14.5. The molecule has 0 amide bonds. The van der Waals surface area contributed by atoms with Gasteiger partial charge in [-0.25, -0.2) is 0 Å². The standard InChI is InChI=1S/C61H50N3OP/c1-36-33-49-59-45(43-23-14-16-28-50(43)62(59)40-19-9-7-10-20-40)35-48-39-31-32-51-54(34-39)64(52-29-17-25-42-37(2)55(36)58(61(48,49)6)38(3)56(42)52)66(65,41-21-11-8-12-22-41)63(51)53-30-18-27-47-57(53)44-24-13-15-26-46(44)60(47,4)5/h7-38H,1-6H3. The van der Waals surface area contributed by atoms with Crippen LogP contribution in [0.3, 0.4) is 0 Å². The number of benzene rings is 7. The van der Waals surface area contributed by atoms with Crippen molar-refractivity contribution in [3.8, 4) is 16.8 Å². The summed E-state index contributed by atoms with van der Waals surface area (Å²) in [6.07, 6.45) is 5.15. The van der Waals surface area contributed by atoms with E-state index in [1.165, 1.54) is 83.5 Å². The van der Waals surface area contributed by atoms with Gasteiger partial charge in [0, 0.05) is 44.9 Å². The molecule has 5 atom stereocenters. The van der Waals surface area contributed by atoms with E-state index < -0.39 is 12.9 Å². The molecule has 5 unspecified atom stereocenters. The minimum Gasteiger partial charge on any atom is -0.309 e. The molecular weight excluding hydrogens is 822 g/mol. The lowest BCUT2D eigenvalue weighted by atomic mass is 9.52. The van der Waals surface area contributed by atoms with Crippen molar-refractivity contribution in [3.05, 3.63) is 220 Å². The first-order valence-electron chi connectivity index (χ1n) is 23.7. The number of hydrogen-bond donors (Lipinski definition) is 0. The van der Waals surface area contributed by atoms with Crippen molar-refractivity contribution < 1.29 is 4.57 Å². The van der Waals surface area contributed by atoms with Gasteiger partial charge in [0.05, 0.1) is 39.3 Å². The first-order chi connectivity index (χ1) is 32.0. The van der Waals surface area contributed by atoms with E-state index in [2.05, 4.69) is 225 Å². The van der Waals surface area contributed by atoms with Crippen molar-refractivity contribution in [2.75, 3.05) is 9.34 Å². The summed E-state index contributed by atoms with van der Waals surface area (Å²) in [5, 5.41) is 2.06. The summed E-state index contributed by atoms with van der Waals surface area (Å²) in [4.78, 5) is 0. The van der Waals surface area contributed by atoms with Crippen molar-refractivity contribution in [2.45, 2.75) is 58.8 Å². The van der Waals surface area contributed by atoms with Gasteiger partial charge in [-0.15, -0.1) is 0 Å². The summed E-state index contributed by atoms with van der Waals surface area (Å²) in [6, 6.07) is 59.6. The first kappa shape index (κ1) is 38.4. The fourth-order valence-electron chi connectivity index (χ4n) is 13.9. The number of hydrogen-bond acceptors (Lipinski definition) is 1. The van der Waals surface area contributed by atoms with Crippen LogP contribution in [0.25, 0.3) is 44.9 Å². The van der Waals surface area contributed by atoms with E-state index in [9.17, 15) is 0 Å². The number of para-hydroxylation sites is 2. The molecule has 5 heteroatoms. The summed E-state index contributed by atoms with van der Waals surface area (Å²) < 4.78 is 24.8. The lowest BCUT2D eigenvalue weighted by Crippen LogP contribution is -2.38. The van der Waals surface area contributed by atoms with Gasteiger partial charge in [-0.1, -0.05) is 155 Å². The minimum absolute atomic E-state index is 0.0254. The van der Waals surface area contributed by atoms with Crippen LogP contribution in [0.1, 0.15) is 92.5 Å². The van der Waals surface area contributed by atoms with Crippen LogP contribution in [-0.2, 0) is 9.98 Å². The molecule has 7 aromatic carbocycles. The van der Waals surface area contributed by atoms with Gasteiger partial charge in [0.2, 0.25) is 0 Å². The molecule has 1 aromatic heterocycles. The maximum absolute atomic E-state index is 17.7. The van der Waals surface area contributed by atoms with Gasteiger partial charge in [-0.05, 0) is 124 Å². The van der Waals surface area contributed by atoms with Crippen molar-refractivity contribution in [2.24, 2.45) is 11.3 Å². The number of allylic oxidation sites excluding steroid dienone is 5. The molecule has 4 nitrogen and oxygen atoms in total. The average Bonchev–Trinajstić information content (AvgIpc) is 3.90. The van der Waals surface area contributed by atoms with E-state index in [4.69, 9.17) is 0 Å². The lowest BCUT2D eigenvalue weighted by molar-refractivity contribution is 0.538. The molecule has 0 saturated heterocycles. The fraction of sp³-hybridized carbons (Fsp3) is 0.180. The second-order valence-corrected chi connectivity index (χ2v) is 22.6. The topological polar surface area (TPSA) is 28.5 Å². The monoisotopic (exact) mass is 871 g/mol. The number of fused-ring (bicyclic) bond motifs is 10. The van der Waals surface area contributed by atoms with E-state index in [0.717, 1.165) is 33.6 Å². The third kappa shape index (κ3) is 4.49. The third-order valence-electron chi connectivity index (χ3n) is 16.6. The highest BCUT2D eigenvalue weighted by molar-refractivity contribution is 7.76. The number of anilines is 4. The zero-order valence-electron chi connectivity index (χ0n) is 38.2. The quantitative estimate of drug-likeness (QED) is 0.131. The van der Waals surface area contributed by atoms with Crippen molar-refractivity contribution in [1.82, 2.24) is 4.57 Å². The highest BCUT2D eigenvalue weighted by Gasteiger charge is 2.56. The van der Waals surface area contributed by atoms with Crippen molar-refractivity contribution in [1.29, 1.82) is 0 Å². The molecule has 4 bridgehead atoms. The molecule has 14 rings (SSSR count). The van der Waals surface area contributed by atoms with Crippen molar-refractivity contribution >= 4 is 63.6 Å². The van der Waals surface area contributed by atoms with Gasteiger partial charge in [-0.3, -0.25) is 13.9 Å². The molecule has 4 aliphatic carbocycles. The van der Waals surface area contributed by atoms with Crippen LogP contribution in [0.2, 0.25) is 0 Å². The molecule has 0 spiro atoms. The van der Waals surface area contributed by atoms with E-state index in [0.29, 0.717) is 0 Å². The Balaban J connectivity index is 1.13. The second-order valence-electron chi connectivity index (χ2n) is 20.2. The second kappa shape index (κ2) is 12.9. The number of rotatable bonds is 3. The molecule has 0 saturated carbocycles. The molecule has 0 N–H and O–H groups in total. The minimum atomic E-state index is -3.74. The van der Waals surface area contributed by atoms with Crippen LogP contribution in [-0.4, -0.2) is 4.57 Å². The Labute approximate surface area is 387 Å². The van der Waals surface area contributed by atoms with Gasteiger partial charge >= 0.3 is 7.44 Å². The molecule has 66 heavy (non-hydrogen) atoms. The summed E-state index contributed by atoms with van der Waals surface area (Å²) in [5.74, 6) is 0.386. The fourth-order valence-corrected chi connectivity index (χ4v) is 17.0. The van der Waals surface area contributed by atoms with Crippen LogP contribution < -0.4 is 14.6 Å². The smallest absolute Gasteiger partial charge is 0.301 e. The van der Waals surface area contributed by atoms with Crippen LogP contribution in [0, 0.1) is 11.3 Å². The summed E-state index contributed by atoms with van der Waals surface area (Å²) >= 11 is 0. The predicted octanol–water partition coefficient (Wildman–Crippen LogP) is 15.9. The van der Waals surface area contributed by atoms with E-state index >= 15 is 4.57 Å². The highest BCUT2D eigenvalue weighted by atomic mass is 31.2. The van der Waals surface area contributed by atoms with Gasteiger partial charge in [-0.2, -0.15) is 0 Å². The SMILES string of the molecule is CC1C=C2c3c(c4ccccc4n3-c3ccccc3)C=C3c4ccc5c(c4)N(c4cccc6c4C(C)C(=C1C6C)C32C)P(=O)(c1ccccc1)N5c1cccc2c1-c1ccccc1C2(C)C. The van der Waals surface area contributed by atoms with Gasteiger partial charge in [0.1, 0.15) is 0 Å². The molecule has 0 fully saturated rings. The maximum Gasteiger partial charge on any atom is 0.301 e. The number of nitrogens with zero attached hydrogens (tertiary/aromatic N) is 3. The molecule has 3 heterocycles. The van der Waals surface area contributed by atoms with E-state index in [1.54, 1.807) is 0 Å². The summed E-state index contributed by atoms with van der Waals surface area (Å²) in [5.41, 5.74) is 22.6. The third-order valence-corrected chi connectivity index (χ3v) is 19.6. The van der Waals surface area contributed by atoms with Crippen LogP contribution in [0.4, 0.5) is 22.7 Å². The Morgan fingerprint density at radius 1 is 0.591 bits per heavy atom. The van der Waals surface area contributed by atoms with Crippen LogP contribution in [0.5, 0.6) is 0 Å². The molecule has 8 aromatic rings. The van der Waals surface area contributed by atoms with Gasteiger partial charge in [0.25, 0.3) is 0 Å². The Hall–Kier alpha value is -6.87. The Kier molecular flexibility index (Phi) is 7.52. The first-order valence-corrected chi connectivity index (χ1v) is 25.3.